The van der Waals surface area contributed by atoms with Crippen molar-refractivity contribution in [3.05, 3.63) is 70.8 Å². The number of hydrogen-bond donors (Lipinski definition) is 3. The molecule has 0 unspecified atom stereocenters. The summed E-state index contributed by atoms with van der Waals surface area (Å²) < 4.78 is 107. The van der Waals surface area contributed by atoms with Gasteiger partial charge in [-0.3, -0.25) is 14.1 Å². The number of esters is 1. The van der Waals surface area contributed by atoms with Crippen LogP contribution in [0.3, 0.4) is 0 Å². The number of nitrogens with one attached hydrogen (secondary N) is 1. The summed E-state index contributed by atoms with van der Waals surface area (Å²) in [5.41, 5.74) is -4.05. The number of ether oxygens (including phenoxy) is 2. The van der Waals surface area contributed by atoms with Crippen LogP contribution in [0.2, 0.25) is 0 Å². The summed E-state index contributed by atoms with van der Waals surface area (Å²) in [4.78, 5) is 44.0. The number of phosphoric acid groups is 1. The minimum absolute atomic E-state index is 0.0133. The van der Waals surface area contributed by atoms with Gasteiger partial charge in [-0.15, -0.1) is 0 Å². The van der Waals surface area contributed by atoms with Crippen LogP contribution in [0.5, 0.6) is 0 Å². The second-order valence-corrected chi connectivity index (χ2v) is 13.0. The highest BCUT2D eigenvalue weighted by molar-refractivity contribution is 7.46. The van der Waals surface area contributed by atoms with Crippen LogP contribution in [0.4, 0.5) is 26.3 Å². The number of amides is 1. The highest BCUT2D eigenvalue weighted by Crippen LogP contribution is 2.44. The lowest BCUT2D eigenvalue weighted by atomic mass is 9.75. The summed E-state index contributed by atoms with van der Waals surface area (Å²) >= 11 is 0. The van der Waals surface area contributed by atoms with Crippen LogP contribution in [0, 0.1) is 0 Å². The van der Waals surface area contributed by atoms with Gasteiger partial charge in [0.05, 0.1) is 41.5 Å². The molecule has 47 heavy (non-hydrogen) atoms. The zero-order valence-electron chi connectivity index (χ0n) is 25.3. The van der Waals surface area contributed by atoms with E-state index in [-0.39, 0.29) is 63.3 Å². The van der Waals surface area contributed by atoms with E-state index < -0.39 is 54.5 Å². The van der Waals surface area contributed by atoms with Crippen molar-refractivity contribution < 1.29 is 64.3 Å². The third-order valence-electron chi connectivity index (χ3n) is 8.58. The van der Waals surface area contributed by atoms with Gasteiger partial charge in [-0.25, -0.2) is 4.57 Å². The lowest BCUT2D eigenvalue weighted by Crippen LogP contribution is -2.63. The van der Waals surface area contributed by atoms with E-state index in [1.54, 1.807) is 18.2 Å². The van der Waals surface area contributed by atoms with Crippen molar-refractivity contribution in [2.24, 2.45) is 0 Å². The molecule has 2 aromatic carbocycles. The second-order valence-electron chi connectivity index (χ2n) is 11.7. The Morgan fingerprint density at radius 1 is 1.02 bits per heavy atom. The second kappa shape index (κ2) is 14.2. The quantitative estimate of drug-likeness (QED) is 0.108. The van der Waals surface area contributed by atoms with Crippen LogP contribution < -0.4 is 5.32 Å². The zero-order valence-corrected chi connectivity index (χ0v) is 26.2. The monoisotopic (exact) mass is 696 g/mol. The molecule has 1 amide bonds. The Labute approximate surface area is 266 Å². The van der Waals surface area contributed by atoms with E-state index in [2.05, 4.69) is 9.84 Å². The molecule has 4 rings (SSSR count). The number of carbonyl (C=O) groups excluding carboxylic acids is 2. The summed E-state index contributed by atoms with van der Waals surface area (Å²) in [6, 6.07) is 10.3. The molecule has 3 N–H and O–H groups in total. The summed E-state index contributed by atoms with van der Waals surface area (Å²) in [7, 11) is -4.67. The van der Waals surface area contributed by atoms with Crippen LogP contribution in [0.25, 0.3) is 0 Å². The number of phosphoric ester groups is 1. The van der Waals surface area contributed by atoms with Crippen LogP contribution in [-0.2, 0) is 46.0 Å². The van der Waals surface area contributed by atoms with Gasteiger partial charge in [0.25, 0.3) is 0 Å². The van der Waals surface area contributed by atoms with Gasteiger partial charge >= 0.3 is 26.1 Å². The van der Waals surface area contributed by atoms with Crippen molar-refractivity contribution in [2.45, 2.75) is 75.0 Å². The van der Waals surface area contributed by atoms with Gasteiger partial charge < -0.3 is 29.5 Å². The molecule has 2 aliphatic heterocycles. The zero-order chi connectivity index (χ0) is 34.7. The van der Waals surface area contributed by atoms with Crippen molar-refractivity contribution in [1.82, 2.24) is 10.2 Å². The van der Waals surface area contributed by atoms with Crippen molar-refractivity contribution in [3.8, 4) is 0 Å². The molecule has 0 radical (unpaired) electrons. The predicted molar refractivity (Wildman–Crippen MR) is 153 cm³/mol. The number of nitrogens with zero attached hydrogens (tertiary/aromatic N) is 1. The number of carbonyl (C=O) groups is 2. The normalized spacial score (nSPS) is 22.9. The predicted octanol–water partition coefficient (Wildman–Crippen LogP) is 5.83. The van der Waals surface area contributed by atoms with E-state index >= 15 is 0 Å². The van der Waals surface area contributed by atoms with E-state index in [1.165, 1.54) is 11.8 Å². The fourth-order valence-corrected chi connectivity index (χ4v) is 6.25. The standard InChI is InChI=1S/C30H35F6N2O8P/c1-20(21-14-23(29(31,32)33)16-24(15-21)30(34,35)36)44-18-28(22-6-3-2-4-7-22)12-11-27(17-37-28)10-9-25(39)38(27)19-45-26(40)8-5-13-46-47(41,42)43/h2-4,6-7,14-16,20,37H,5,8-13,17-19H2,1H3,(H2,41,42,43)/t20-,27-,28-/m1/s1. The molecule has 0 aliphatic carbocycles. The van der Waals surface area contributed by atoms with Gasteiger partial charge in [-0.1, -0.05) is 30.3 Å². The summed E-state index contributed by atoms with van der Waals surface area (Å²) in [5.74, 6) is -0.936. The van der Waals surface area contributed by atoms with Crippen LogP contribution in [0.1, 0.15) is 73.8 Å². The number of halogens is 6. The maximum absolute atomic E-state index is 13.5. The van der Waals surface area contributed by atoms with Gasteiger partial charge in [0, 0.05) is 19.4 Å². The van der Waals surface area contributed by atoms with Crippen LogP contribution in [-0.4, -0.2) is 58.6 Å². The van der Waals surface area contributed by atoms with E-state index in [0.29, 0.717) is 31.4 Å². The largest absolute Gasteiger partial charge is 0.469 e. The van der Waals surface area contributed by atoms with Crippen molar-refractivity contribution in [2.75, 3.05) is 26.5 Å². The molecule has 2 fully saturated rings. The van der Waals surface area contributed by atoms with Gasteiger partial charge in [-0.2, -0.15) is 26.3 Å². The molecule has 0 bridgehead atoms. The lowest BCUT2D eigenvalue weighted by Gasteiger charge is -2.49. The fraction of sp³-hybridized carbons (Fsp3) is 0.533. The molecule has 1 spiro atoms. The third-order valence-corrected chi connectivity index (χ3v) is 9.09. The van der Waals surface area contributed by atoms with Crippen LogP contribution in [0.15, 0.2) is 48.5 Å². The minimum Gasteiger partial charge on any atom is -0.444 e. The average molecular weight is 697 g/mol. The maximum atomic E-state index is 13.5. The summed E-state index contributed by atoms with van der Waals surface area (Å²) in [5, 5.41) is 3.44. The Morgan fingerprint density at radius 3 is 2.21 bits per heavy atom. The Hall–Kier alpha value is -3.01. The van der Waals surface area contributed by atoms with Gasteiger partial charge in [-0.05, 0) is 61.9 Å². The maximum Gasteiger partial charge on any atom is 0.469 e. The summed E-state index contributed by atoms with van der Waals surface area (Å²) in [6.45, 7) is 0.770. The molecule has 10 nitrogen and oxygen atoms in total. The number of alkyl halides is 6. The average Bonchev–Trinajstić information content (AvgIpc) is 3.31. The molecular formula is C30H35F6N2O8P. The van der Waals surface area contributed by atoms with Crippen molar-refractivity contribution >= 4 is 19.7 Å². The van der Waals surface area contributed by atoms with Crippen molar-refractivity contribution in [3.63, 3.8) is 0 Å². The Kier molecular flexibility index (Phi) is 11.1. The van der Waals surface area contributed by atoms with Gasteiger partial charge in [0.1, 0.15) is 0 Å². The highest BCUT2D eigenvalue weighted by atomic mass is 31.2. The molecule has 260 valence electrons. The number of hydrogen-bond acceptors (Lipinski definition) is 7. The third kappa shape index (κ3) is 9.33. The van der Waals surface area contributed by atoms with E-state index in [1.807, 2.05) is 12.1 Å². The van der Waals surface area contributed by atoms with E-state index in [4.69, 9.17) is 19.3 Å². The molecule has 2 saturated heterocycles. The molecule has 0 aromatic heterocycles. The SMILES string of the molecule is C[C@@H](OC[C@@]1(c2ccccc2)CC[C@]2(CCC(=O)N2COC(=O)CCCOP(=O)(O)O)CN1)c1cc(C(F)(F)F)cc(C(F)(F)F)c1. The minimum atomic E-state index is -5.00. The van der Waals surface area contributed by atoms with Gasteiger partial charge in [0.2, 0.25) is 5.91 Å². The topological polar surface area (TPSA) is 135 Å². The van der Waals surface area contributed by atoms with Gasteiger partial charge in [0.15, 0.2) is 6.73 Å². The number of benzene rings is 2. The molecule has 2 aromatic rings. The Morgan fingerprint density at radius 2 is 1.66 bits per heavy atom. The molecule has 2 heterocycles. The Balaban J connectivity index is 1.47. The molecular weight excluding hydrogens is 661 g/mol. The molecule has 3 atom stereocenters. The fourth-order valence-electron chi connectivity index (χ4n) is 5.88. The number of likely N-dealkylation sites (tertiary alicyclic amines) is 1. The number of piperidine rings is 1. The van der Waals surface area contributed by atoms with Crippen molar-refractivity contribution in [1.29, 1.82) is 0 Å². The van der Waals surface area contributed by atoms with E-state index in [9.17, 15) is 40.5 Å². The Bertz CT molecular complexity index is 1430. The first kappa shape index (κ1) is 36.8. The summed E-state index contributed by atoms with van der Waals surface area (Å²) in [6.07, 6.45) is -9.95. The first-order valence-electron chi connectivity index (χ1n) is 14.7. The lowest BCUT2D eigenvalue weighted by molar-refractivity contribution is -0.157. The number of rotatable bonds is 12. The molecule has 0 saturated carbocycles. The van der Waals surface area contributed by atoms with E-state index in [0.717, 1.165) is 5.56 Å². The first-order valence-corrected chi connectivity index (χ1v) is 16.2. The smallest absolute Gasteiger partial charge is 0.444 e. The highest BCUT2D eigenvalue weighted by Gasteiger charge is 2.51. The molecule has 17 heteroatoms. The first-order chi connectivity index (χ1) is 21.8. The van der Waals surface area contributed by atoms with Crippen LogP contribution >= 0.6 is 7.82 Å². The molecule has 2 aliphatic rings.